The molecule has 0 saturated heterocycles. The van der Waals surface area contributed by atoms with Crippen LogP contribution in [-0.2, 0) is 4.79 Å². The van der Waals surface area contributed by atoms with Crippen molar-refractivity contribution in [1.82, 2.24) is 10.2 Å². The van der Waals surface area contributed by atoms with Crippen molar-refractivity contribution < 1.29 is 9.90 Å². The summed E-state index contributed by atoms with van der Waals surface area (Å²) in [6.07, 6.45) is 0.761. The maximum absolute atomic E-state index is 10.5. The van der Waals surface area contributed by atoms with Gasteiger partial charge in [0.25, 0.3) is 0 Å². The minimum absolute atomic E-state index is 0.168. The molecule has 0 saturated carbocycles. The van der Waals surface area contributed by atoms with Crippen LogP contribution in [0.15, 0.2) is 24.3 Å². The summed E-state index contributed by atoms with van der Waals surface area (Å²) in [6.45, 7) is 2.58. The highest BCUT2D eigenvalue weighted by Crippen LogP contribution is 2.24. The topological polar surface area (TPSA) is 66.3 Å². The fourth-order valence-electron chi connectivity index (χ4n) is 2.08. The van der Waals surface area contributed by atoms with Gasteiger partial charge < -0.3 is 10.0 Å². The summed E-state index contributed by atoms with van der Waals surface area (Å²) in [6, 6.07) is 7.98. The van der Waals surface area contributed by atoms with Crippen molar-refractivity contribution in [2.45, 2.75) is 19.8 Å². The lowest BCUT2D eigenvalue weighted by Crippen LogP contribution is -2.21. The predicted octanol–water partition coefficient (Wildman–Crippen LogP) is 2.24. The first kappa shape index (κ1) is 13.3. The second-order valence-electron chi connectivity index (χ2n) is 4.57. The van der Waals surface area contributed by atoms with E-state index in [9.17, 15) is 4.79 Å². The minimum atomic E-state index is -0.770. The highest BCUT2D eigenvalue weighted by Gasteiger charge is 2.10. The molecule has 0 unspecified atom stereocenters. The number of aryl methyl sites for hydroxylation is 1. The number of carbonyl (C=O) groups is 1. The van der Waals surface area contributed by atoms with Crippen molar-refractivity contribution >= 4 is 22.6 Å². The lowest BCUT2D eigenvalue weighted by Gasteiger charge is -2.19. The number of hydrogen-bond donors (Lipinski definition) is 1. The van der Waals surface area contributed by atoms with E-state index in [1.54, 1.807) is 0 Å². The van der Waals surface area contributed by atoms with Crippen LogP contribution in [0.3, 0.4) is 0 Å². The zero-order valence-electron chi connectivity index (χ0n) is 11.1. The Hall–Kier alpha value is -2.17. The lowest BCUT2D eigenvalue weighted by molar-refractivity contribution is -0.137. The van der Waals surface area contributed by atoms with E-state index in [0.29, 0.717) is 13.0 Å². The summed E-state index contributed by atoms with van der Waals surface area (Å²) in [5, 5.41) is 19.2. The molecule has 100 valence electrons. The number of rotatable bonds is 5. The van der Waals surface area contributed by atoms with Gasteiger partial charge in [-0.2, -0.15) is 5.10 Å². The van der Waals surface area contributed by atoms with E-state index in [1.807, 2.05) is 43.1 Å². The van der Waals surface area contributed by atoms with Crippen LogP contribution >= 0.6 is 0 Å². The Labute approximate surface area is 111 Å². The number of nitrogens with zero attached hydrogens (tertiary/aromatic N) is 3. The van der Waals surface area contributed by atoms with E-state index in [1.165, 1.54) is 0 Å². The Morgan fingerprint density at radius 1 is 1.26 bits per heavy atom. The summed E-state index contributed by atoms with van der Waals surface area (Å²) < 4.78 is 0. The van der Waals surface area contributed by atoms with Crippen LogP contribution in [0.4, 0.5) is 5.82 Å². The molecule has 1 aromatic carbocycles. The monoisotopic (exact) mass is 259 g/mol. The van der Waals surface area contributed by atoms with Crippen molar-refractivity contribution in [1.29, 1.82) is 0 Å². The molecular weight excluding hydrogens is 242 g/mol. The standard InChI is InChI=1S/C14H17N3O2/c1-10-11-6-3-4-7-12(11)14(16-15-10)17(2)9-5-8-13(18)19/h3-4,6-7H,5,8-9H2,1-2H3,(H,18,19). The third-order valence-electron chi connectivity index (χ3n) is 3.10. The molecule has 2 rings (SSSR count). The van der Waals surface area contributed by atoms with Crippen molar-refractivity contribution in [2.75, 3.05) is 18.5 Å². The van der Waals surface area contributed by atoms with Crippen LogP contribution in [0.1, 0.15) is 18.5 Å². The number of carboxylic acid groups (broad SMARTS) is 1. The molecule has 19 heavy (non-hydrogen) atoms. The molecule has 5 nitrogen and oxygen atoms in total. The molecule has 0 amide bonds. The van der Waals surface area contributed by atoms with Crippen LogP contribution in [0, 0.1) is 6.92 Å². The highest BCUT2D eigenvalue weighted by molar-refractivity contribution is 5.93. The van der Waals surface area contributed by atoms with E-state index in [0.717, 1.165) is 22.3 Å². The van der Waals surface area contributed by atoms with E-state index in [-0.39, 0.29) is 6.42 Å². The Balaban J connectivity index is 2.24. The smallest absolute Gasteiger partial charge is 0.303 e. The largest absolute Gasteiger partial charge is 0.481 e. The molecule has 1 heterocycles. The summed E-state index contributed by atoms with van der Waals surface area (Å²) >= 11 is 0. The van der Waals surface area contributed by atoms with Gasteiger partial charge in [-0.1, -0.05) is 24.3 Å². The van der Waals surface area contributed by atoms with Gasteiger partial charge in [0.05, 0.1) is 5.69 Å². The van der Waals surface area contributed by atoms with Gasteiger partial charge in [0.15, 0.2) is 5.82 Å². The van der Waals surface area contributed by atoms with Crippen molar-refractivity contribution in [3.63, 3.8) is 0 Å². The van der Waals surface area contributed by atoms with Gasteiger partial charge in [-0.05, 0) is 13.3 Å². The molecule has 0 radical (unpaired) electrons. The number of hydrogen-bond acceptors (Lipinski definition) is 4. The Morgan fingerprint density at radius 3 is 2.63 bits per heavy atom. The fraction of sp³-hybridized carbons (Fsp3) is 0.357. The molecule has 0 aliphatic carbocycles. The van der Waals surface area contributed by atoms with Crippen molar-refractivity contribution in [3.05, 3.63) is 30.0 Å². The second kappa shape index (κ2) is 5.65. The average molecular weight is 259 g/mol. The molecule has 0 aliphatic heterocycles. The van der Waals surface area contributed by atoms with Crippen LogP contribution in [0.2, 0.25) is 0 Å². The van der Waals surface area contributed by atoms with Gasteiger partial charge in [0, 0.05) is 30.8 Å². The number of carboxylic acids is 1. The molecule has 5 heteroatoms. The third kappa shape index (κ3) is 2.99. The molecule has 0 spiro atoms. The van der Waals surface area contributed by atoms with Crippen LogP contribution in [-0.4, -0.2) is 34.9 Å². The summed E-state index contributed by atoms with van der Waals surface area (Å²) in [5.74, 6) is 0.0276. The summed E-state index contributed by atoms with van der Waals surface area (Å²) in [5.41, 5.74) is 0.901. The Morgan fingerprint density at radius 2 is 1.95 bits per heavy atom. The summed E-state index contributed by atoms with van der Waals surface area (Å²) in [4.78, 5) is 12.5. The lowest BCUT2D eigenvalue weighted by atomic mass is 10.1. The number of fused-ring (bicyclic) bond motifs is 1. The fourth-order valence-corrected chi connectivity index (χ4v) is 2.08. The van der Waals surface area contributed by atoms with E-state index >= 15 is 0 Å². The van der Waals surface area contributed by atoms with Crippen molar-refractivity contribution in [2.24, 2.45) is 0 Å². The number of benzene rings is 1. The predicted molar refractivity (Wildman–Crippen MR) is 74.4 cm³/mol. The van der Waals surface area contributed by atoms with Gasteiger partial charge in [-0.25, -0.2) is 0 Å². The first-order valence-corrected chi connectivity index (χ1v) is 6.24. The Bertz CT molecular complexity index is 598. The van der Waals surface area contributed by atoms with Gasteiger partial charge >= 0.3 is 5.97 Å². The molecule has 0 aliphatic rings. The highest BCUT2D eigenvalue weighted by atomic mass is 16.4. The molecule has 2 aromatic rings. The van der Waals surface area contributed by atoms with Crippen LogP contribution in [0.25, 0.3) is 10.8 Å². The normalized spacial score (nSPS) is 10.6. The quantitative estimate of drug-likeness (QED) is 0.892. The van der Waals surface area contributed by atoms with Gasteiger partial charge in [0.1, 0.15) is 0 Å². The zero-order valence-corrected chi connectivity index (χ0v) is 11.1. The summed E-state index contributed by atoms with van der Waals surface area (Å²) in [7, 11) is 1.91. The first-order chi connectivity index (χ1) is 9.09. The molecule has 0 atom stereocenters. The van der Waals surface area contributed by atoms with Gasteiger partial charge in [-0.3, -0.25) is 4.79 Å². The molecule has 1 aromatic heterocycles. The maximum Gasteiger partial charge on any atom is 0.303 e. The van der Waals surface area contributed by atoms with E-state index in [4.69, 9.17) is 5.11 Å². The third-order valence-corrected chi connectivity index (χ3v) is 3.10. The molecule has 1 N–H and O–H groups in total. The number of anilines is 1. The first-order valence-electron chi connectivity index (χ1n) is 6.24. The SMILES string of the molecule is Cc1nnc(N(C)CCCC(=O)O)c2ccccc12. The molecule has 0 bridgehead atoms. The zero-order chi connectivity index (χ0) is 13.8. The minimum Gasteiger partial charge on any atom is -0.481 e. The molecule has 0 fully saturated rings. The number of aliphatic carboxylic acids is 1. The molecular formula is C14H17N3O2. The van der Waals surface area contributed by atoms with Gasteiger partial charge in [-0.15, -0.1) is 5.10 Å². The maximum atomic E-state index is 10.5. The average Bonchev–Trinajstić information content (AvgIpc) is 2.39. The van der Waals surface area contributed by atoms with Crippen LogP contribution < -0.4 is 4.90 Å². The van der Waals surface area contributed by atoms with E-state index in [2.05, 4.69) is 10.2 Å². The van der Waals surface area contributed by atoms with E-state index < -0.39 is 5.97 Å². The number of aromatic nitrogens is 2. The Kier molecular flexibility index (Phi) is 3.94. The van der Waals surface area contributed by atoms with Gasteiger partial charge in [0.2, 0.25) is 0 Å². The van der Waals surface area contributed by atoms with Crippen LogP contribution in [0.5, 0.6) is 0 Å². The van der Waals surface area contributed by atoms with Crippen molar-refractivity contribution in [3.8, 4) is 0 Å². The second-order valence-corrected chi connectivity index (χ2v) is 4.57.